The molecule has 0 aliphatic heterocycles. The van der Waals surface area contributed by atoms with Crippen LogP contribution >= 0.6 is 23.4 Å². The number of hydrogen-bond donors (Lipinski definition) is 2. The number of nitro benzene ring substituents is 1. The number of nitrogens with zero attached hydrogens (tertiary/aromatic N) is 1. The number of halogens is 1. The number of carboxylic acid groups (broad SMARTS) is 1. The standard InChI is InChI=1S/C10H9ClN2O5S/c11-10-6(2-1-3-7(10)13(17)18)12-8(14)4-19-5-9(15)16/h1-3H,4-5H2,(H,12,14)(H,15,16). The number of nitro groups is 1. The van der Waals surface area contributed by atoms with Crippen molar-refractivity contribution in [2.24, 2.45) is 0 Å². The predicted molar refractivity (Wildman–Crippen MR) is 71.7 cm³/mol. The molecule has 1 aromatic rings. The molecule has 0 radical (unpaired) electrons. The fraction of sp³-hybridized carbons (Fsp3) is 0.200. The smallest absolute Gasteiger partial charge is 0.313 e. The van der Waals surface area contributed by atoms with Gasteiger partial charge in [0.2, 0.25) is 5.91 Å². The lowest BCUT2D eigenvalue weighted by Gasteiger charge is -2.06. The summed E-state index contributed by atoms with van der Waals surface area (Å²) in [6.07, 6.45) is 0. The first-order valence-electron chi connectivity index (χ1n) is 4.94. The molecular formula is C10H9ClN2O5S. The largest absolute Gasteiger partial charge is 0.481 e. The van der Waals surface area contributed by atoms with Crippen molar-refractivity contribution in [1.82, 2.24) is 0 Å². The first kappa shape index (κ1) is 15.3. The number of thioether (sulfide) groups is 1. The van der Waals surface area contributed by atoms with Gasteiger partial charge in [0.25, 0.3) is 5.69 Å². The van der Waals surface area contributed by atoms with Crippen LogP contribution in [0.2, 0.25) is 5.02 Å². The summed E-state index contributed by atoms with van der Waals surface area (Å²) in [4.78, 5) is 31.7. The lowest BCUT2D eigenvalue weighted by molar-refractivity contribution is -0.384. The van der Waals surface area contributed by atoms with Crippen molar-refractivity contribution in [2.45, 2.75) is 0 Å². The molecule has 1 amide bonds. The highest BCUT2D eigenvalue weighted by molar-refractivity contribution is 8.00. The molecule has 0 aliphatic carbocycles. The molecule has 0 saturated carbocycles. The second-order valence-corrected chi connectivity index (χ2v) is 4.69. The van der Waals surface area contributed by atoms with E-state index in [4.69, 9.17) is 16.7 Å². The summed E-state index contributed by atoms with van der Waals surface area (Å²) in [7, 11) is 0. The van der Waals surface area contributed by atoms with E-state index in [2.05, 4.69) is 5.32 Å². The van der Waals surface area contributed by atoms with Gasteiger partial charge in [-0.25, -0.2) is 0 Å². The van der Waals surface area contributed by atoms with E-state index in [1.165, 1.54) is 18.2 Å². The molecule has 9 heteroatoms. The van der Waals surface area contributed by atoms with Crippen LogP contribution < -0.4 is 5.32 Å². The molecule has 2 N–H and O–H groups in total. The Morgan fingerprint density at radius 3 is 2.68 bits per heavy atom. The summed E-state index contributed by atoms with van der Waals surface area (Å²) in [5, 5.41) is 21.3. The van der Waals surface area contributed by atoms with Crippen LogP contribution in [0, 0.1) is 10.1 Å². The highest BCUT2D eigenvalue weighted by Gasteiger charge is 2.16. The molecule has 0 spiro atoms. The first-order valence-corrected chi connectivity index (χ1v) is 6.47. The first-order chi connectivity index (χ1) is 8.91. The van der Waals surface area contributed by atoms with Gasteiger partial charge in [-0.2, -0.15) is 0 Å². The zero-order valence-corrected chi connectivity index (χ0v) is 11.0. The Morgan fingerprint density at radius 2 is 2.11 bits per heavy atom. The van der Waals surface area contributed by atoms with Crippen LogP contribution in [-0.4, -0.2) is 33.4 Å². The third kappa shape index (κ3) is 4.76. The van der Waals surface area contributed by atoms with E-state index in [-0.39, 0.29) is 27.9 Å². The molecule has 1 rings (SSSR count). The SMILES string of the molecule is O=C(O)CSCC(=O)Nc1cccc([N+](=O)[O-])c1Cl. The lowest BCUT2D eigenvalue weighted by Crippen LogP contribution is -2.15. The van der Waals surface area contributed by atoms with Crippen molar-refractivity contribution in [3.8, 4) is 0 Å². The Hall–Kier alpha value is -1.80. The number of carboxylic acids is 1. The Bertz CT molecular complexity index is 523. The van der Waals surface area contributed by atoms with E-state index in [1.807, 2.05) is 0 Å². The summed E-state index contributed by atoms with van der Waals surface area (Å²) >= 11 is 6.69. The monoisotopic (exact) mass is 304 g/mol. The van der Waals surface area contributed by atoms with E-state index in [0.29, 0.717) is 0 Å². The molecule has 0 saturated heterocycles. The highest BCUT2D eigenvalue weighted by atomic mass is 35.5. The third-order valence-electron chi connectivity index (χ3n) is 1.91. The van der Waals surface area contributed by atoms with Gasteiger partial charge in [-0.3, -0.25) is 19.7 Å². The molecule has 19 heavy (non-hydrogen) atoms. The summed E-state index contributed by atoms with van der Waals surface area (Å²) in [5.41, 5.74) is -0.186. The highest BCUT2D eigenvalue weighted by Crippen LogP contribution is 2.31. The molecule has 0 bridgehead atoms. The molecule has 0 heterocycles. The van der Waals surface area contributed by atoms with E-state index >= 15 is 0 Å². The predicted octanol–water partition coefficient (Wildman–Crippen LogP) is 2.00. The van der Waals surface area contributed by atoms with Crippen molar-refractivity contribution in [1.29, 1.82) is 0 Å². The average molecular weight is 305 g/mol. The maximum absolute atomic E-state index is 11.5. The van der Waals surface area contributed by atoms with Crippen LogP contribution in [0.1, 0.15) is 0 Å². The molecule has 1 aromatic carbocycles. The van der Waals surface area contributed by atoms with Crippen molar-refractivity contribution in [2.75, 3.05) is 16.8 Å². The quantitative estimate of drug-likeness (QED) is 0.614. The molecule has 0 atom stereocenters. The van der Waals surface area contributed by atoms with E-state index in [9.17, 15) is 19.7 Å². The minimum absolute atomic E-state index is 0.0781. The van der Waals surface area contributed by atoms with Crippen molar-refractivity contribution < 1.29 is 19.6 Å². The van der Waals surface area contributed by atoms with Gasteiger partial charge in [0.1, 0.15) is 5.02 Å². The van der Waals surface area contributed by atoms with E-state index < -0.39 is 16.8 Å². The normalized spacial score (nSPS) is 9.95. The van der Waals surface area contributed by atoms with Gasteiger partial charge in [0.15, 0.2) is 0 Å². The molecule has 0 aliphatic rings. The second kappa shape index (κ2) is 6.95. The fourth-order valence-electron chi connectivity index (χ4n) is 1.17. The maximum atomic E-state index is 11.5. The minimum atomic E-state index is -1.02. The Morgan fingerprint density at radius 1 is 1.42 bits per heavy atom. The number of rotatable bonds is 6. The van der Waals surface area contributed by atoms with Gasteiger partial charge in [-0.15, -0.1) is 11.8 Å². The number of benzene rings is 1. The Balaban J connectivity index is 2.67. The number of nitrogens with one attached hydrogen (secondary N) is 1. The van der Waals surface area contributed by atoms with Crippen molar-refractivity contribution >= 4 is 46.6 Å². The van der Waals surface area contributed by atoms with Gasteiger partial charge in [-0.05, 0) is 6.07 Å². The molecular weight excluding hydrogens is 296 g/mol. The Kier molecular flexibility index (Phi) is 5.58. The average Bonchev–Trinajstić information content (AvgIpc) is 2.31. The van der Waals surface area contributed by atoms with Gasteiger partial charge < -0.3 is 10.4 Å². The van der Waals surface area contributed by atoms with Crippen LogP contribution in [0.15, 0.2) is 18.2 Å². The summed E-state index contributed by atoms with van der Waals surface area (Å²) in [6, 6.07) is 4.04. The zero-order valence-electron chi connectivity index (χ0n) is 9.46. The molecule has 0 unspecified atom stereocenters. The number of aliphatic carboxylic acids is 1. The summed E-state index contributed by atoms with van der Waals surface area (Å²) in [6.45, 7) is 0. The zero-order chi connectivity index (χ0) is 14.4. The summed E-state index contributed by atoms with van der Waals surface area (Å²) < 4.78 is 0. The van der Waals surface area contributed by atoms with Gasteiger partial charge >= 0.3 is 5.97 Å². The van der Waals surface area contributed by atoms with Crippen molar-refractivity contribution in [3.63, 3.8) is 0 Å². The molecule has 7 nitrogen and oxygen atoms in total. The second-order valence-electron chi connectivity index (χ2n) is 3.33. The topological polar surface area (TPSA) is 110 Å². The number of hydrogen-bond acceptors (Lipinski definition) is 5. The number of carbonyl (C=O) groups is 2. The number of anilines is 1. The van der Waals surface area contributed by atoms with Crippen LogP contribution in [0.4, 0.5) is 11.4 Å². The minimum Gasteiger partial charge on any atom is -0.481 e. The van der Waals surface area contributed by atoms with Crippen LogP contribution in [-0.2, 0) is 9.59 Å². The van der Waals surface area contributed by atoms with Crippen molar-refractivity contribution in [3.05, 3.63) is 33.3 Å². The fourth-order valence-corrected chi connectivity index (χ4v) is 1.95. The van der Waals surface area contributed by atoms with Crippen LogP contribution in [0.25, 0.3) is 0 Å². The van der Waals surface area contributed by atoms with E-state index in [0.717, 1.165) is 11.8 Å². The van der Waals surface area contributed by atoms with Gasteiger partial charge in [0.05, 0.1) is 22.1 Å². The maximum Gasteiger partial charge on any atom is 0.313 e. The lowest BCUT2D eigenvalue weighted by atomic mass is 10.3. The molecule has 0 aromatic heterocycles. The number of amides is 1. The molecule has 102 valence electrons. The van der Waals surface area contributed by atoms with Crippen LogP contribution in [0.3, 0.4) is 0 Å². The van der Waals surface area contributed by atoms with Gasteiger partial charge in [-0.1, -0.05) is 17.7 Å². The number of carbonyl (C=O) groups excluding carboxylic acids is 1. The van der Waals surface area contributed by atoms with E-state index in [1.54, 1.807) is 0 Å². The Labute approximate surface area is 117 Å². The van der Waals surface area contributed by atoms with Gasteiger partial charge in [0, 0.05) is 6.07 Å². The van der Waals surface area contributed by atoms with Crippen LogP contribution in [0.5, 0.6) is 0 Å². The third-order valence-corrected chi connectivity index (χ3v) is 3.22. The molecule has 0 fully saturated rings. The summed E-state index contributed by atoms with van der Waals surface area (Å²) in [5.74, 6) is -1.78.